The fourth-order valence-corrected chi connectivity index (χ4v) is 5.64. The van der Waals surface area contributed by atoms with Gasteiger partial charge < -0.3 is 10.2 Å². The highest BCUT2D eigenvalue weighted by atomic mass is 32.2. The fraction of sp³-hybridized carbons (Fsp3) is 0.478. The first kappa shape index (κ1) is 22.8. The molecule has 1 N–H and O–H groups in total. The molecule has 1 fully saturated rings. The van der Waals surface area contributed by atoms with Gasteiger partial charge in [-0.3, -0.25) is 14.2 Å². The molecule has 0 bridgehead atoms. The standard InChI is InChI=1S/C23H29N5O2S2/c1-3-11-28-21(30)19-20(25-22(32-19)27-12-6-5-7-13-27)26-23(28)31-15-18(29)24-17-10-8-9-16(4-2)14-17/h8-10,14H,3-7,11-13,15H2,1-2H3,(H,24,29). The van der Waals surface area contributed by atoms with E-state index in [1.807, 2.05) is 31.2 Å². The Balaban J connectivity index is 1.54. The van der Waals surface area contributed by atoms with E-state index in [0.29, 0.717) is 22.0 Å². The van der Waals surface area contributed by atoms with Crippen LogP contribution in [0.15, 0.2) is 34.2 Å². The van der Waals surface area contributed by atoms with Gasteiger partial charge in [0.15, 0.2) is 15.9 Å². The second-order valence-electron chi connectivity index (χ2n) is 7.94. The number of aryl methyl sites for hydroxylation is 1. The zero-order valence-electron chi connectivity index (χ0n) is 18.6. The minimum absolute atomic E-state index is 0.0591. The van der Waals surface area contributed by atoms with E-state index in [4.69, 9.17) is 4.98 Å². The van der Waals surface area contributed by atoms with Crippen LogP contribution in [0.4, 0.5) is 10.8 Å². The Hall–Kier alpha value is -2.39. The van der Waals surface area contributed by atoms with Gasteiger partial charge in [0.1, 0.15) is 4.70 Å². The lowest BCUT2D eigenvalue weighted by Gasteiger charge is -2.25. The Morgan fingerprint density at radius 2 is 2.00 bits per heavy atom. The Labute approximate surface area is 196 Å². The number of hydrogen-bond acceptors (Lipinski definition) is 7. The number of thioether (sulfide) groups is 1. The molecule has 32 heavy (non-hydrogen) atoms. The molecule has 1 saturated heterocycles. The van der Waals surface area contributed by atoms with Gasteiger partial charge in [0, 0.05) is 25.3 Å². The number of thiazole rings is 1. The van der Waals surface area contributed by atoms with Crippen LogP contribution in [0.2, 0.25) is 0 Å². The zero-order valence-corrected chi connectivity index (χ0v) is 20.2. The minimum atomic E-state index is -0.118. The molecule has 0 saturated carbocycles. The Bertz CT molecular complexity index is 1150. The van der Waals surface area contributed by atoms with E-state index in [0.717, 1.165) is 49.6 Å². The quantitative estimate of drug-likeness (QED) is 0.384. The van der Waals surface area contributed by atoms with Crippen LogP contribution < -0.4 is 15.8 Å². The summed E-state index contributed by atoms with van der Waals surface area (Å²) in [6.45, 7) is 6.64. The molecule has 3 aromatic rings. The molecule has 2 aromatic heterocycles. The number of anilines is 2. The lowest BCUT2D eigenvalue weighted by atomic mass is 10.1. The van der Waals surface area contributed by atoms with E-state index in [9.17, 15) is 9.59 Å². The van der Waals surface area contributed by atoms with Gasteiger partial charge in [-0.25, -0.2) is 4.98 Å². The van der Waals surface area contributed by atoms with Crippen molar-refractivity contribution in [3.8, 4) is 0 Å². The number of piperidine rings is 1. The van der Waals surface area contributed by atoms with Gasteiger partial charge >= 0.3 is 0 Å². The van der Waals surface area contributed by atoms with Gasteiger partial charge in [-0.05, 0) is 49.8 Å². The number of benzene rings is 1. The van der Waals surface area contributed by atoms with E-state index in [-0.39, 0.29) is 17.2 Å². The summed E-state index contributed by atoms with van der Waals surface area (Å²) in [5, 5.41) is 4.37. The number of carbonyl (C=O) groups is 1. The van der Waals surface area contributed by atoms with Crippen LogP contribution in [0.3, 0.4) is 0 Å². The van der Waals surface area contributed by atoms with Crippen molar-refractivity contribution in [2.45, 2.75) is 57.7 Å². The number of nitrogens with zero attached hydrogens (tertiary/aromatic N) is 4. The summed E-state index contributed by atoms with van der Waals surface area (Å²) in [5.41, 5.74) is 2.39. The molecule has 1 aliphatic heterocycles. The predicted octanol–water partition coefficient (Wildman–Crippen LogP) is 4.55. The highest BCUT2D eigenvalue weighted by molar-refractivity contribution is 7.99. The first-order valence-electron chi connectivity index (χ1n) is 11.3. The topological polar surface area (TPSA) is 80.1 Å². The monoisotopic (exact) mass is 471 g/mol. The maximum atomic E-state index is 13.2. The van der Waals surface area contributed by atoms with Crippen molar-refractivity contribution < 1.29 is 4.79 Å². The third-order valence-electron chi connectivity index (χ3n) is 5.49. The number of nitrogens with one attached hydrogen (secondary N) is 1. The Morgan fingerprint density at radius 3 is 2.75 bits per heavy atom. The Morgan fingerprint density at radius 1 is 1.19 bits per heavy atom. The largest absolute Gasteiger partial charge is 0.348 e. The Kier molecular flexibility index (Phi) is 7.47. The maximum Gasteiger partial charge on any atom is 0.273 e. The highest BCUT2D eigenvalue weighted by Gasteiger charge is 2.20. The van der Waals surface area contributed by atoms with E-state index >= 15 is 0 Å². The molecule has 0 aliphatic carbocycles. The second kappa shape index (κ2) is 10.5. The molecular weight excluding hydrogens is 442 g/mol. The van der Waals surface area contributed by atoms with Crippen molar-refractivity contribution >= 4 is 50.2 Å². The molecule has 9 heteroatoms. The van der Waals surface area contributed by atoms with E-state index in [2.05, 4.69) is 22.1 Å². The van der Waals surface area contributed by atoms with Crippen molar-refractivity contribution in [1.29, 1.82) is 0 Å². The predicted molar refractivity (Wildman–Crippen MR) is 133 cm³/mol. The third kappa shape index (κ3) is 5.15. The molecule has 1 amide bonds. The molecule has 7 nitrogen and oxygen atoms in total. The average Bonchev–Trinajstić information content (AvgIpc) is 3.25. The third-order valence-corrected chi connectivity index (χ3v) is 7.56. The molecule has 1 aliphatic rings. The molecular formula is C23H29N5O2S2. The van der Waals surface area contributed by atoms with Crippen molar-refractivity contribution in [3.63, 3.8) is 0 Å². The second-order valence-corrected chi connectivity index (χ2v) is 9.86. The summed E-state index contributed by atoms with van der Waals surface area (Å²) in [4.78, 5) is 37.4. The highest BCUT2D eigenvalue weighted by Crippen LogP contribution is 2.29. The number of aromatic nitrogens is 3. The summed E-state index contributed by atoms with van der Waals surface area (Å²) in [6, 6.07) is 7.85. The average molecular weight is 472 g/mol. The number of amides is 1. The van der Waals surface area contributed by atoms with Gasteiger partial charge in [-0.1, -0.05) is 49.1 Å². The van der Waals surface area contributed by atoms with Crippen LogP contribution in [0.25, 0.3) is 10.3 Å². The van der Waals surface area contributed by atoms with Gasteiger partial charge in [0.25, 0.3) is 5.56 Å². The van der Waals surface area contributed by atoms with Crippen molar-refractivity contribution in [1.82, 2.24) is 14.5 Å². The molecule has 0 spiro atoms. The van der Waals surface area contributed by atoms with Gasteiger partial charge in [-0.2, -0.15) is 4.98 Å². The smallest absolute Gasteiger partial charge is 0.273 e. The SMILES string of the molecule is CCCn1c(SCC(=O)Nc2cccc(CC)c2)nc2nc(N3CCCCC3)sc2c1=O. The van der Waals surface area contributed by atoms with Gasteiger partial charge in [0.2, 0.25) is 5.91 Å². The molecule has 170 valence electrons. The lowest BCUT2D eigenvalue weighted by Crippen LogP contribution is -2.29. The van der Waals surface area contributed by atoms with Gasteiger partial charge in [0.05, 0.1) is 5.75 Å². The van der Waals surface area contributed by atoms with Crippen LogP contribution in [0.5, 0.6) is 0 Å². The van der Waals surface area contributed by atoms with E-state index in [1.54, 1.807) is 4.57 Å². The number of carbonyl (C=O) groups excluding carboxylic acids is 1. The van der Waals surface area contributed by atoms with E-state index < -0.39 is 0 Å². The van der Waals surface area contributed by atoms with Crippen molar-refractivity contribution in [3.05, 3.63) is 40.2 Å². The summed E-state index contributed by atoms with van der Waals surface area (Å²) >= 11 is 2.73. The van der Waals surface area contributed by atoms with Crippen LogP contribution in [0.1, 0.15) is 45.1 Å². The maximum absolute atomic E-state index is 13.2. The molecule has 0 atom stereocenters. The summed E-state index contributed by atoms with van der Waals surface area (Å²) in [6.07, 6.45) is 5.28. The fourth-order valence-electron chi connectivity index (χ4n) is 3.82. The summed E-state index contributed by atoms with van der Waals surface area (Å²) < 4.78 is 2.29. The summed E-state index contributed by atoms with van der Waals surface area (Å²) in [7, 11) is 0. The lowest BCUT2D eigenvalue weighted by molar-refractivity contribution is -0.113. The van der Waals surface area contributed by atoms with Crippen LogP contribution in [0, 0.1) is 0 Å². The molecule has 1 aromatic carbocycles. The van der Waals surface area contributed by atoms with Gasteiger partial charge in [-0.15, -0.1) is 0 Å². The zero-order chi connectivity index (χ0) is 22.5. The summed E-state index contributed by atoms with van der Waals surface area (Å²) in [5.74, 6) is 0.0640. The first-order chi connectivity index (χ1) is 15.6. The van der Waals surface area contributed by atoms with Crippen molar-refractivity contribution in [2.24, 2.45) is 0 Å². The molecule has 0 radical (unpaired) electrons. The number of rotatable bonds is 8. The van der Waals surface area contributed by atoms with Crippen LogP contribution in [-0.4, -0.2) is 39.3 Å². The van der Waals surface area contributed by atoms with E-state index in [1.165, 1.54) is 35.1 Å². The molecule has 0 unspecified atom stereocenters. The normalized spacial score (nSPS) is 14.1. The first-order valence-corrected chi connectivity index (χ1v) is 13.1. The van der Waals surface area contributed by atoms with Crippen LogP contribution in [-0.2, 0) is 17.8 Å². The molecule has 4 rings (SSSR count). The molecule has 3 heterocycles. The minimum Gasteiger partial charge on any atom is -0.348 e. The van der Waals surface area contributed by atoms with Crippen molar-refractivity contribution in [2.75, 3.05) is 29.1 Å². The number of fused-ring (bicyclic) bond motifs is 1. The van der Waals surface area contributed by atoms with Crippen LogP contribution >= 0.6 is 23.1 Å². The number of hydrogen-bond donors (Lipinski definition) is 1.